The van der Waals surface area contributed by atoms with Crippen LogP contribution in [0.5, 0.6) is 0 Å². The van der Waals surface area contributed by atoms with Crippen molar-refractivity contribution < 1.29 is 22.7 Å². The molecule has 3 rings (SSSR count). The molecule has 7 heteroatoms. The number of halogens is 4. The number of carbonyl (C=O) groups is 1. The molecule has 26 heavy (non-hydrogen) atoms. The van der Waals surface area contributed by atoms with Crippen LogP contribution in [-0.4, -0.2) is 31.6 Å². The largest absolute Gasteiger partial charge is 0.462 e. The average Bonchev–Trinajstić information content (AvgIpc) is 2.62. The van der Waals surface area contributed by atoms with Gasteiger partial charge >= 0.3 is 5.97 Å². The van der Waals surface area contributed by atoms with Gasteiger partial charge in [0.15, 0.2) is 0 Å². The Kier molecular flexibility index (Phi) is 5.41. The first-order valence-electron chi connectivity index (χ1n) is 8.17. The minimum atomic E-state index is -3.12. The number of anilines is 1. The first-order valence-corrected chi connectivity index (χ1v) is 8.54. The maximum atomic E-state index is 14.5. The number of carbonyl (C=O) groups excluding carboxylic acids is 1. The zero-order chi connectivity index (χ0) is 18.7. The number of benzene rings is 2. The monoisotopic (exact) mass is 383 g/mol. The smallest absolute Gasteiger partial charge is 0.338 e. The Morgan fingerprint density at radius 1 is 1.23 bits per heavy atom. The van der Waals surface area contributed by atoms with Crippen molar-refractivity contribution in [3.05, 3.63) is 64.9 Å². The van der Waals surface area contributed by atoms with E-state index in [1.54, 1.807) is 30.3 Å². The topological polar surface area (TPSA) is 29.5 Å². The molecule has 0 aliphatic carbocycles. The van der Waals surface area contributed by atoms with Crippen LogP contribution >= 0.6 is 11.6 Å². The summed E-state index contributed by atoms with van der Waals surface area (Å²) in [6.45, 7) is -0.815. The third-order valence-corrected chi connectivity index (χ3v) is 4.66. The molecular formula is C19H17ClF3NO2. The molecule has 1 heterocycles. The van der Waals surface area contributed by atoms with Gasteiger partial charge < -0.3 is 9.64 Å². The fraction of sp³-hybridized carbons (Fsp3) is 0.316. The molecule has 2 aromatic carbocycles. The first kappa shape index (κ1) is 18.6. The summed E-state index contributed by atoms with van der Waals surface area (Å²) < 4.78 is 48.0. The molecule has 2 aromatic rings. The van der Waals surface area contributed by atoms with Gasteiger partial charge in [-0.1, -0.05) is 29.8 Å². The van der Waals surface area contributed by atoms with Crippen LogP contribution in [0, 0.1) is 11.7 Å². The minimum Gasteiger partial charge on any atom is -0.462 e. The van der Waals surface area contributed by atoms with Crippen LogP contribution in [0.4, 0.5) is 18.9 Å². The molecule has 138 valence electrons. The van der Waals surface area contributed by atoms with Gasteiger partial charge in [-0.3, -0.25) is 0 Å². The lowest BCUT2D eigenvalue weighted by molar-refractivity contribution is -0.0850. The Labute approximate surface area is 154 Å². The normalized spacial score (nSPS) is 19.2. The van der Waals surface area contributed by atoms with Crippen molar-refractivity contribution in [1.29, 1.82) is 0 Å². The van der Waals surface area contributed by atoms with Gasteiger partial charge in [0.25, 0.3) is 5.92 Å². The van der Waals surface area contributed by atoms with E-state index in [1.807, 2.05) is 0 Å². The summed E-state index contributed by atoms with van der Waals surface area (Å²) >= 11 is 5.84. The van der Waals surface area contributed by atoms with Crippen molar-refractivity contribution in [2.45, 2.75) is 12.3 Å². The summed E-state index contributed by atoms with van der Waals surface area (Å²) in [6.07, 6.45) is 0.0705. The number of nitrogens with zero attached hydrogens (tertiary/aromatic N) is 1. The molecule has 1 saturated heterocycles. The van der Waals surface area contributed by atoms with Crippen LogP contribution in [0.3, 0.4) is 0 Å². The molecule has 1 aliphatic heterocycles. The second kappa shape index (κ2) is 7.58. The van der Waals surface area contributed by atoms with E-state index in [-0.39, 0.29) is 30.3 Å². The van der Waals surface area contributed by atoms with Gasteiger partial charge in [0.2, 0.25) is 0 Å². The molecule has 0 aromatic heterocycles. The second-order valence-electron chi connectivity index (χ2n) is 6.23. The highest BCUT2D eigenvalue weighted by molar-refractivity contribution is 6.30. The van der Waals surface area contributed by atoms with Gasteiger partial charge in [-0.25, -0.2) is 18.0 Å². The van der Waals surface area contributed by atoms with E-state index in [1.165, 1.54) is 17.0 Å². The molecule has 0 spiro atoms. The molecule has 1 fully saturated rings. The van der Waals surface area contributed by atoms with Crippen LogP contribution in [0.1, 0.15) is 16.8 Å². The van der Waals surface area contributed by atoms with E-state index < -0.39 is 30.2 Å². The van der Waals surface area contributed by atoms with Gasteiger partial charge in [-0.05, 0) is 36.8 Å². The number of piperidine rings is 1. The SMILES string of the molecule is O=C(OCC1CCN(c2cc(Cl)ccc2F)CC1(F)F)c1ccccc1. The van der Waals surface area contributed by atoms with Crippen LogP contribution in [0.15, 0.2) is 48.5 Å². The van der Waals surface area contributed by atoms with Crippen molar-refractivity contribution in [3.8, 4) is 0 Å². The summed E-state index contributed by atoms with van der Waals surface area (Å²) in [7, 11) is 0. The van der Waals surface area contributed by atoms with Crippen LogP contribution in [0.25, 0.3) is 0 Å². The third-order valence-electron chi connectivity index (χ3n) is 4.42. The standard InChI is InChI=1S/C19H17ClF3NO2/c20-15-6-7-16(21)17(10-15)24-9-8-14(19(22,23)12-24)11-26-18(25)13-4-2-1-3-5-13/h1-7,10,14H,8-9,11-12H2. The maximum absolute atomic E-state index is 14.5. The van der Waals surface area contributed by atoms with Crippen molar-refractivity contribution in [3.63, 3.8) is 0 Å². The Bertz CT molecular complexity index is 786. The predicted octanol–water partition coefficient (Wildman–Crippen LogP) is 4.80. The quantitative estimate of drug-likeness (QED) is 0.710. The van der Waals surface area contributed by atoms with Crippen molar-refractivity contribution in [2.24, 2.45) is 5.92 Å². The third kappa shape index (κ3) is 4.12. The molecule has 0 amide bonds. The molecule has 0 radical (unpaired) electrons. The van der Waals surface area contributed by atoms with Crippen molar-refractivity contribution in [1.82, 2.24) is 0 Å². The van der Waals surface area contributed by atoms with Gasteiger partial charge in [-0.2, -0.15) is 0 Å². The van der Waals surface area contributed by atoms with Crippen molar-refractivity contribution >= 4 is 23.3 Å². The van der Waals surface area contributed by atoms with Crippen LogP contribution < -0.4 is 4.90 Å². The van der Waals surface area contributed by atoms with E-state index in [4.69, 9.17) is 16.3 Å². The van der Waals surface area contributed by atoms with E-state index in [0.717, 1.165) is 6.07 Å². The predicted molar refractivity (Wildman–Crippen MR) is 93.4 cm³/mol. The lowest BCUT2D eigenvalue weighted by Gasteiger charge is -2.39. The Morgan fingerprint density at radius 3 is 2.65 bits per heavy atom. The lowest BCUT2D eigenvalue weighted by atomic mass is 9.93. The summed E-state index contributed by atoms with van der Waals surface area (Å²) in [5, 5.41) is 0.281. The zero-order valence-electron chi connectivity index (χ0n) is 13.8. The van der Waals surface area contributed by atoms with E-state index in [0.29, 0.717) is 5.56 Å². The Morgan fingerprint density at radius 2 is 1.96 bits per heavy atom. The number of ether oxygens (including phenoxy) is 1. The van der Waals surface area contributed by atoms with Crippen molar-refractivity contribution in [2.75, 3.05) is 24.6 Å². The van der Waals surface area contributed by atoms with Gasteiger partial charge in [0.1, 0.15) is 12.4 Å². The first-order chi connectivity index (χ1) is 12.4. The van der Waals surface area contributed by atoms with E-state index in [9.17, 15) is 18.0 Å². The molecule has 1 atom stereocenters. The van der Waals surface area contributed by atoms with Crippen LogP contribution in [-0.2, 0) is 4.74 Å². The molecule has 0 saturated carbocycles. The van der Waals surface area contributed by atoms with Crippen LogP contribution in [0.2, 0.25) is 5.02 Å². The lowest BCUT2D eigenvalue weighted by Crippen LogP contribution is -2.50. The summed E-state index contributed by atoms with van der Waals surface area (Å²) in [5.41, 5.74) is 0.367. The van der Waals surface area contributed by atoms with E-state index >= 15 is 0 Å². The highest BCUT2D eigenvalue weighted by Crippen LogP contribution is 2.36. The summed E-state index contributed by atoms with van der Waals surface area (Å²) in [6, 6.07) is 12.1. The molecule has 0 bridgehead atoms. The Hall–Kier alpha value is -2.21. The fourth-order valence-corrected chi connectivity index (χ4v) is 3.12. The number of hydrogen-bond acceptors (Lipinski definition) is 3. The highest BCUT2D eigenvalue weighted by atomic mass is 35.5. The number of alkyl halides is 2. The summed E-state index contributed by atoms with van der Waals surface area (Å²) in [4.78, 5) is 13.2. The highest BCUT2D eigenvalue weighted by Gasteiger charge is 2.45. The van der Waals surface area contributed by atoms with Gasteiger partial charge in [0, 0.05) is 11.6 Å². The number of esters is 1. The minimum absolute atomic E-state index is 0.0527. The fourth-order valence-electron chi connectivity index (χ4n) is 2.96. The maximum Gasteiger partial charge on any atom is 0.338 e. The molecule has 3 nitrogen and oxygen atoms in total. The Balaban J connectivity index is 1.64. The van der Waals surface area contributed by atoms with Gasteiger partial charge in [0.05, 0.1) is 23.7 Å². The molecule has 1 unspecified atom stereocenters. The summed E-state index contributed by atoms with van der Waals surface area (Å²) in [5.74, 6) is -5.47. The zero-order valence-corrected chi connectivity index (χ0v) is 14.6. The number of hydrogen-bond donors (Lipinski definition) is 0. The average molecular weight is 384 g/mol. The second-order valence-corrected chi connectivity index (χ2v) is 6.66. The molecular weight excluding hydrogens is 367 g/mol. The van der Waals surface area contributed by atoms with Gasteiger partial charge in [-0.15, -0.1) is 0 Å². The number of rotatable bonds is 4. The molecule has 0 N–H and O–H groups in total. The van der Waals surface area contributed by atoms with E-state index in [2.05, 4.69) is 0 Å². The molecule has 1 aliphatic rings.